The lowest BCUT2D eigenvalue weighted by atomic mass is 9.98. The van der Waals surface area contributed by atoms with Gasteiger partial charge in [0.15, 0.2) is 0 Å². The molecule has 0 aromatic heterocycles. The number of hydrogen-bond acceptors (Lipinski definition) is 5. The second-order valence-corrected chi connectivity index (χ2v) is 3.34. The molecule has 82 valence electrons. The molecule has 4 atom stereocenters. The number of carbonyl (C=O) groups is 1. The van der Waals surface area contributed by atoms with Gasteiger partial charge in [0.25, 0.3) is 0 Å². The lowest BCUT2D eigenvalue weighted by Gasteiger charge is -2.36. The highest BCUT2D eigenvalue weighted by molar-refractivity contribution is 5.73. The molecule has 6 heteroatoms. The molecule has 0 aromatic rings. The topological polar surface area (TPSA) is 99.0 Å². The van der Waals surface area contributed by atoms with Crippen LogP contribution in [0.3, 0.4) is 0 Å². The van der Waals surface area contributed by atoms with Crippen LogP contribution in [0.5, 0.6) is 0 Å². The first-order chi connectivity index (χ1) is 6.56. The first-order valence-corrected chi connectivity index (χ1v) is 4.42. The fourth-order valence-corrected chi connectivity index (χ4v) is 1.43. The number of aliphatic hydroxyl groups excluding tert-OH is 3. The molecule has 1 saturated heterocycles. The maximum absolute atomic E-state index is 10.7. The van der Waals surface area contributed by atoms with Crippen molar-refractivity contribution >= 4 is 5.91 Å². The Hall–Kier alpha value is -0.690. The summed E-state index contributed by atoms with van der Waals surface area (Å²) in [4.78, 5) is 10.7. The van der Waals surface area contributed by atoms with Crippen LogP contribution < -0.4 is 5.32 Å². The number of rotatable bonds is 2. The lowest BCUT2D eigenvalue weighted by Crippen LogP contribution is -2.59. The Kier molecular flexibility index (Phi) is 3.82. The standard InChI is InChI=1S/C8H15NO5/c1-4(11)9-5-3-14-6(2-10)8(13)7(5)12/h5-8,10,12-13H,2-3H2,1H3,(H,9,11)/t5?,6?,7?,8-/m0/s1. The maximum Gasteiger partial charge on any atom is 0.217 e. The summed E-state index contributed by atoms with van der Waals surface area (Å²) in [7, 11) is 0. The van der Waals surface area contributed by atoms with Gasteiger partial charge in [0.2, 0.25) is 5.91 Å². The molecule has 0 radical (unpaired) electrons. The SMILES string of the molecule is CC(=O)NC1COC(CO)[C@H](O)C1O. The van der Waals surface area contributed by atoms with Crippen molar-refractivity contribution in [3.8, 4) is 0 Å². The molecule has 1 aliphatic rings. The molecule has 1 rings (SSSR count). The van der Waals surface area contributed by atoms with E-state index in [9.17, 15) is 15.0 Å². The monoisotopic (exact) mass is 205 g/mol. The van der Waals surface area contributed by atoms with Crippen molar-refractivity contribution in [2.75, 3.05) is 13.2 Å². The van der Waals surface area contributed by atoms with Crippen LogP contribution in [-0.4, -0.2) is 58.8 Å². The molecule has 1 fully saturated rings. The van der Waals surface area contributed by atoms with Gasteiger partial charge in [0.1, 0.15) is 18.3 Å². The van der Waals surface area contributed by atoms with Crippen molar-refractivity contribution in [3.05, 3.63) is 0 Å². The molecule has 14 heavy (non-hydrogen) atoms. The molecule has 1 aliphatic heterocycles. The Bertz CT molecular complexity index is 210. The van der Waals surface area contributed by atoms with E-state index in [2.05, 4.69) is 5.32 Å². The van der Waals surface area contributed by atoms with Crippen molar-refractivity contribution in [2.45, 2.75) is 31.3 Å². The van der Waals surface area contributed by atoms with Crippen LogP contribution in [0.2, 0.25) is 0 Å². The maximum atomic E-state index is 10.7. The molecule has 0 saturated carbocycles. The molecule has 6 nitrogen and oxygen atoms in total. The average Bonchev–Trinajstić information content (AvgIpc) is 2.13. The molecular weight excluding hydrogens is 190 g/mol. The van der Waals surface area contributed by atoms with Crippen molar-refractivity contribution < 1.29 is 24.9 Å². The molecule has 4 N–H and O–H groups in total. The largest absolute Gasteiger partial charge is 0.394 e. The molecule has 1 amide bonds. The summed E-state index contributed by atoms with van der Waals surface area (Å²) in [6.45, 7) is 1.05. The van der Waals surface area contributed by atoms with Gasteiger partial charge in [-0.2, -0.15) is 0 Å². The van der Waals surface area contributed by atoms with E-state index in [0.29, 0.717) is 0 Å². The zero-order valence-electron chi connectivity index (χ0n) is 7.88. The summed E-state index contributed by atoms with van der Waals surface area (Å²) in [6, 6.07) is -0.620. The Labute approximate surface area is 81.5 Å². The van der Waals surface area contributed by atoms with E-state index in [1.807, 2.05) is 0 Å². The van der Waals surface area contributed by atoms with Gasteiger partial charge in [-0.05, 0) is 0 Å². The van der Waals surface area contributed by atoms with Crippen molar-refractivity contribution in [3.63, 3.8) is 0 Å². The molecule has 0 aromatic carbocycles. The van der Waals surface area contributed by atoms with Crippen molar-refractivity contribution in [2.24, 2.45) is 0 Å². The second-order valence-electron chi connectivity index (χ2n) is 3.34. The van der Waals surface area contributed by atoms with Gasteiger partial charge in [-0.15, -0.1) is 0 Å². The fourth-order valence-electron chi connectivity index (χ4n) is 1.43. The summed E-state index contributed by atoms with van der Waals surface area (Å²) in [5.74, 6) is -0.299. The van der Waals surface area contributed by atoms with Crippen LogP contribution in [0.4, 0.5) is 0 Å². The van der Waals surface area contributed by atoms with E-state index in [4.69, 9.17) is 9.84 Å². The number of ether oxygens (including phenoxy) is 1. The quantitative estimate of drug-likeness (QED) is 0.403. The van der Waals surface area contributed by atoms with Gasteiger partial charge >= 0.3 is 0 Å². The highest BCUT2D eigenvalue weighted by Crippen LogP contribution is 2.14. The van der Waals surface area contributed by atoms with Crippen molar-refractivity contribution in [1.82, 2.24) is 5.32 Å². The van der Waals surface area contributed by atoms with Gasteiger partial charge in [-0.3, -0.25) is 4.79 Å². The van der Waals surface area contributed by atoms with Crippen LogP contribution in [0.15, 0.2) is 0 Å². The third-order valence-electron chi connectivity index (χ3n) is 2.20. The highest BCUT2D eigenvalue weighted by atomic mass is 16.5. The Morgan fingerprint density at radius 1 is 1.50 bits per heavy atom. The average molecular weight is 205 g/mol. The van der Waals surface area contributed by atoms with Crippen LogP contribution in [0.1, 0.15) is 6.92 Å². The predicted molar refractivity (Wildman–Crippen MR) is 46.4 cm³/mol. The number of carbonyl (C=O) groups excluding carboxylic acids is 1. The molecule has 1 heterocycles. The molecule has 0 aliphatic carbocycles. The van der Waals surface area contributed by atoms with Crippen molar-refractivity contribution in [1.29, 1.82) is 0 Å². The minimum Gasteiger partial charge on any atom is -0.394 e. The smallest absolute Gasteiger partial charge is 0.217 e. The normalized spacial score (nSPS) is 38.0. The fraction of sp³-hybridized carbons (Fsp3) is 0.875. The summed E-state index contributed by atoms with van der Waals surface area (Å²) >= 11 is 0. The van der Waals surface area contributed by atoms with Gasteiger partial charge in [-0.1, -0.05) is 0 Å². The van der Waals surface area contributed by atoms with Crippen LogP contribution in [-0.2, 0) is 9.53 Å². The van der Waals surface area contributed by atoms with E-state index in [-0.39, 0.29) is 19.1 Å². The lowest BCUT2D eigenvalue weighted by molar-refractivity contribution is -0.164. The zero-order chi connectivity index (χ0) is 10.7. The number of aliphatic hydroxyl groups is 3. The van der Waals surface area contributed by atoms with E-state index in [0.717, 1.165) is 0 Å². The number of nitrogens with one attached hydrogen (secondary N) is 1. The summed E-state index contributed by atoms with van der Waals surface area (Å²) in [6.07, 6.45) is -3.06. The van der Waals surface area contributed by atoms with Crippen LogP contribution >= 0.6 is 0 Å². The van der Waals surface area contributed by atoms with Crippen LogP contribution in [0.25, 0.3) is 0 Å². The number of amides is 1. The van der Waals surface area contributed by atoms with Crippen LogP contribution in [0, 0.1) is 0 Å². The molecular formula is C8H15NO5. The van der Waals surface area contributed by atoms with Gasteiger partial charge in [0.05, 0.1) is 19.3 Å². The minimum atomic E-state index is -1.18. The van der Waals surface area contributed by atoms with E-state index >= 15 is 0 Å². The minimum absolute atomic E-state index is 0.0863. The molecule has 0 spiro atoms. The highest BCUT2D eigenvalue weighted by Gasteiger charge is 2.38. The summed E-state index contributed by atoms with van der Waals surface area (Å²) in [5.41, 5.74) is 0. The Morgan fingerprint density at radius 2 is 2.14 bits per heavy atom. The summed E-state index contributed by atoms with van der Waals surface area (Å²) in [5, 5.41) is 30.2. The first kappa shape index (κ1) is 11.4. The van der Waals surface area contributed by atoms with Gasteiger partial charge in [-0.25, -0.2) is 0 Å². The third-order valence-corrected chi connectivity index (χ3v) is 2.20. The third kappa shape index (κ3) is 2.42. The first-order valence-electron chi connectivity index (χ1n) is 4.42. The summed E-state index contributed by atoms with van der Waals surface area (Å²) < 4.78 is 5.05. The van der Waals surface area contributed by atoms with E-state index < -0.39 is 24.4 Å². The Morgan fingerprint density at radius 3 is 2.64 bits per heavy atom. The predicted octanol–water partition coefficient (Wildman–Crippen LogP) is -2.40. The zero-order valence-corrected chi connectivity index (χ0v) is 7.88. The van der Waals surface area contributed by atoms with E-state index in [1.165, 1.54) is 6.92 Å². The van der Waals surface area contributed by atoms with Gasteiger partial charge < -0.3 is 25.4 Å². The Balaban J connectivity index is 2.54. The number of hydrogen-bond donors (Lipinski definition) is 4. The van der Waals surface area contributed by atoms with E-state index in [1.54, 1.807) is 0 Å². The second kappa shape index (κ2) is 4.70. The molecule has 0 bridgehead atoms. The molecule has 3 unspecified atom stereocenters. The van der Waals surface area contributed by atoms with Gasteiger partial charge in [0, 0.05) is 6.92 Å².